The van der Waals surface area contributed by atoms with Gasteiger partial charge in [-0.05, 0) is 12.5 Å². The van der Waals surface area contributed by atoms with Crippen LogP contribution in [0.15, 0.2) is 12.3 Å². The summed E-state index contributed by atoms with van der Waals surface area (Å²) >= 11 is 5.57. The molecule has 0 aliphatic rings. The molecule has 0 aliphatic heterocycles. The monoisotopic (exact) mass is 159 g/mol. The molecule has 0 fully saturated rings. The fraction of sp³-hybridized carbons (Fsp3) is 0.286. The van der Waals surface area contributed by atoms with Crippen LogP contribution in [0.2, 0.25) is 5.02 Å². The molecule has 0 saturated carbocycles. The van der Waals surface area contributed by atoms with Crippen molar-refractivity contribution in [2.45, 2.75) is 13.3 Å². The number of halogens is 2. The average molecular weight is 160 g/mol. The van der Waals surface area contributed by atoms with E-state index in [2.05, 4.69) is 4.98 Å². The number of pyridine rings is 1. The highest BCUT2D eigenvalue weighted by Gasteiger charge is 2.00. The second-order valence-electron chi connectivity index (χ2n) is 1.96. The van der Waals surface area contributed by atoms with Crippen LogP contribution in [-0.4, -0.2) is 4.98 Å². The van der Waals surface area contributed by atoms with Crippen LogP contribution in [0, 0.1) is 5.95 Å². The van der Waals surface area contributed by atoms with Crippen molar-refractivity contribution in [1.82, 2.24) is 4.98 Å². The minimum absolute atomic E-state index is 0.424. The van der Waals surface area contributed by atoms with E-state index >= 15 is 0 Å². The highest BCUT2D eigenvalue weighted by molar-refractivity contribution is 6.30. The molecular weight excluding hydrogens is 153 g/mol. The molecule has 0 spiro atoms. The van der Waals surface area contributed by atoms with Crippen LogP contribution >= 0.6 is 11.6 Å². The summed E-state index contributed by atoms with van der Waals surface area (Å²) in [6, 6.07) is 1.59. The average Bonchev–Trinajstić information content (AvgIpc) is 1.94. The Morgan fingerprint density at radius 2 is 2.40 bits per heavy atom. The van der Waals surface area contributed by atoms with Gasteiger partial charge in [0.05, 0.1) is 5.02 Å². The first-order valence-electron chi connectivity index (χ1n) is 3.04. The molecule has 1 heterocycles. The topological polar surface area (TPSA) is 12.9 Å². The van der Waals surface area contributed by atoms with Gasteiger partial charge in [-0.1, -0.05) is 18.5 Å². The summed E-state index contributed by atoms with van der Waals surface area (Å²) in [4.78, 5) is 3.45. The van der Waals surface area contributed by atoms with Gasteiger partial charge in [-0.25, -0.2) is 4.98 Å². The molecule has 0 saturated heterocycles. The van der Waals surface area contributed by atoms with Crippen LogP contribution in [0.5, 0.6) is 0 Å². The van der Waals surface area contributed by atoms with Gasteiger partial charge >= 0.3 is 0 Å². The first-order valence-corrected chi connectivity index (χ1v) is 3.41. The molecule has 0 amide bonds. The largest absolute Gasteiger partial charge is 0.227 e. The second-order valence-corrected chi connectivity index (χ2v) is 2.39. The summed E-state index contributed by atoms with van der Waals surface area (Å²) < 4.78 is 12.6. The van der Waals surface area contributed by atoms with E-state index in [1.165, 1.54) is 6.20 Å². The Kier molecular flexibility index (Phi) is 2.22. The Labute approximate surface area is 63.8 Å². The lowest BCUT2D eigenvalue weighted by Crippen LogP contribution is -1.90. The summed E-state index contributed by atoms with van der Waals surface area (Å²) in [6.07, 6.45) is 1.93. The predicted octanol–water partition coefficient (Wildman–Crippen LogP) is 2.44. The smallest absolute Gasteiger partial charge is 0.216 e. The van der Waals surface area contributed by atoms with Gasteiger partial charge in [0.2, 0.25) is 5.95 Å². The number of nitrogens with zero attached hydrogens (tertiary/aromatic N) is 1. The first kappa shape index (κ1) is 7.48. The second kappa shape index (κ2) is 2.97. The van der Waals surface area contributed by atoms with Gasteiger partial charge in [-0.15, -0.1) is 0 Å². The SMILES string of the molecule is CCc1cc(Cl)cnc1F. The summed E-state index contributed by atoms with van der Waals surface area (Å²) in [5.41, 5.74) is 0.563. The molecule has 1 aromatic heterocycles. The van der Waals surface area contributed by atoms with Crippen LogP contribution in [0.1, 0.15) is 12.5 Å². The number of rotatable bonds is 1. The third-order valence-corrected chi connectivity index (χ3v) is 1.47. The van der Waals surface area contributed by atoms with Gasteiger partial charge < -0.3 is 0 Å². The van der Waals surface area contributed by atoms with Crippen LogP contribution < -0.4 is 0 Å². The van der Waals surface area contributed by atoms with Gasteiger partial charge in [0.15, 0.2) is 0 Å². The van der Waals surface area contributed by atoms with Crippen molar-refractivity contribution < 1.29 is 4.39 Å². The van der Waals surface area contributed by atoms with Crippen LogP contribution in [-0.2, 0) is 6.42 Å². The molecular formula is C7H7ClFN. The van der Waals surface area contributed by atoms with Crippen molar-refractivity contribution in [2.75, 3.05) is 0 Å². The van der Waals surface area contributed by atoms with Gasteiger partial charge in [-0.2, -0.15) is 4.39 Å². The molecule has 1 nitrogen and oxygen atoms in total. The van der Waals surface area contributed by atoms with E-state index < -0.39 is 5.95 Å². The quantitative estimate of drug-likeness (QED) is 0.574. The van der Waals surface area contributed by atoms with Crippen molar-refractivity contribution >= 4 is 11.6 Å². The first-order chi connectivity index (χ1) is 4.74. The Morgan fingerprint density at radius 1 is 1.70 bits per heavy atom. The van der Waals surface area contributed by atoms with Gasteiger partial charge in [-0.3, -0.25) is 0 Å². The predicted molar refractivity (Wildman–Crippen MR) is 38.6 cm³/mol. The minimum Gasteiger partial charge on any atom is -0.227 e. The normalized spacial score (nSPS) is 9.90. The lowest BCUT2D eigenvalue weighted by Gasteiger charge is -1.96. The summed E-state index contributed by atoms with van der Waals surface area (Å²) in [5.74, 6) is -0.424. The standard InChI is InChI=1S/C7H7ClFN/c1-2-5-3-6(8)4-10-7(5)9/h3-4H,2H2,1H3. The fourth-order valence-corrected chi connectivity index (χ4v) is 0.893. The molecule has 0 bridgehead atoms. The number of hydrogen-bond donors (Lipinski definition) is 0. The highest BCUT2D eigenvalue weighted by Crippen LogP contribution is 2.11. The number of hydrogen-bond acceptors (Lipinski definition) is 1. The van der Waals surface area contributed by atoms with Gasteiger partial charge in [0.25, 0.3) is 0 Å². The van der Waals surface area contributed by atoms with E-state index in [1.807, 2.05) is 6.92 Å². The summed E-state index contributed by atoms with van der Waals surface area (Å²) in [7, 11) is 0. The maximum atomic E-state index is 12.6. The molecule has 0 aromatic carbocycles. The molecule has 0 N–H and O–H groups in total. The zero-order valence-corrected chi connectivity index (χ0v) is 6.32. The molecule has 1 rings (SSSR count). The van der Waals surface area contributed by atoms with Crippen LogP contribution in [0.3, 0.4) is 0 Å². The van der Waals surface area contributed by atoms with E-state index in [4.69, 9.17) is 11.6 Å². The van der Waals surface area contributed by atoms with Crippen molar-refractivity contribution in [3.8, 4) is 0 Å². The van der Waals surface area contributed by atoms with E-state index in [0.29, 0.717) is 17.0 Å². The molecule has 10 heavy (non-hydrogen) atoms. The van der Waals surface area contributed by atoms with Gasteiger partial charge in [0.1, 0.15) is 0 Å². The highest BCUT2D eigenvalue weighted by atomic mass is 35.5. The third-order valence-electron chi connectivity index (χ3n) is 1.26. The fourth-order valence-electron chi connectivity index (χ4n) is 0.712. The Bertz CT molecular complexity index is 237. The van der Waals surface area contributed by atoms with E-state index in [1.54, 1.807) is 6.07 Å². The zero-order chi connectivity index (χ0) is 7.56. The zero-order valence-electron chi connectivity index (χ0n) is 5.56. The number of aromatic nitrogens is 1. The summed E-state index contributed by atoms with van der Waals surface area (Å²) in [5, 5.41) is 0.484. The van der Waals surface area contributed by atoms with Crippen molar-refractivity contribution in [1.29, 1.82) is 0 Å². The molecule has 0 unspecified atom stereocenters. The number of aryl methyl sites for hydroxylation is 1. The molecule has 3 heteroatoms. The van der Waals surface area contributed by atoms with Crippen LogP contribution in [0.25, 0.3) is 0 Å². The molecule has 0 atom stereocenters. The van der Waals surface area contributed by atoms with Crippen molar-refractivity contribution in [2.24, 2.45) is 0 Å². The van der Waals surface area contributed by atoms with Crippen molar-refractivity contribution in [3.05, 3.63) is 28.8 Å². The van der Waals surface area contributed by atoms with Crippen LogP contribution in [0.4, 0.5) is 4.39 Å². The van der Waals surface area contributed by atoms with Crippen molar-refractivity contribution in [3.63, 3.8) is 0 Å². The maximum Gasteiger partial charge on any atom is 0.216 e. The molecule has 0 radical (unpaired) electrons. The molecule has 54 valence electrons. The Morgan fingerprint density at radius 3 is 2.90 bits per heavy atom. The lowest BCUT2D eigenvalue weighted by atomic mass is 10.2. The maximum absolute atomic E-state index is 12.6. The van der Waals surface area contributed by atoms with E-state index in [9.17, 15) is 4.39 Å². The Balaban J connectivity index is 3.09. The van der Waals surface area contributed by atoms with Gasteiger partial charge in [0, 0.05) is 11.8 Å². The Hall–Kier alpha value is -0.630. The lowest BCUT2D eigenvalue weighted by molar-refractivity contribution is 0.568. The molecule has 0 aliphatic carbocycles. The minimum atomic E-state index is -0.424. The third kappa shape index (κ3) is 1.45. The summed E-state index contributed by atoms with van der Waals surface area (Å²) in [6.45, 7) is 1.86. The molecule has 1 aromatic rings. The van der Waals surface area contributed by atoms with E-state index in [-0.39, 0.29) is 0 Å². The van der Waals surface area contributed by atoms with E-state index in [0.717, 1.165) is 0 Å².